The minimum Gasteiger partial charge on any atom is -0.459 e. The molecule has 3 heterocycles. The molecule has 152 valence electrons. The molecule has 8 nitrogen and oxygen atoms in total. The molecule has 1 aromatic carbocycles. The molecule has 0 amide bonds. The van der Waals surface area contributed by atoms with Crippen LogP contribution in [0.2, 0.25) is 0 Å². The highest BCUT2D eigenvalue weighted by Crippen LogP contribution is 2.30. The number of ketones is 1. The monoisotopic (exact) mass is 409 g/mol. The first kappa shape index (κ1) is 19.3. The first-order chi connectivity index (χ1) is 14.6. The van der Waals surface area contributed by atoms with Crippen LogP contribution in [0.3, 0.4) is 0 Å². The summed E-state index contributed by atoms with van der Waals surface area (Å²) in [7, 11) is 0. The van der Waals surface area contributed by atoms with E-state index in [-0.39, 0.29) is 30.4 Å². The van der Waals surface area contributed by atoms with Crippen LogP contribution in [0.4, 0.5) is 10.1 Å². The van der Waals surface area contributed by atoms with E-state index in [1.807, 2.05) is 6.07 Å². The van der Waals surface area contributed by atoms with E-state index < -0.39 is 17.6 Å². The Labute approximate surface area is 169 Å². The van der Waals surface area contributed by atoms with E-state index in [2.05, 4.69) is 15.3 Å². The number of Topliss-reactive ketones (excluding diaryl/α,β-unsaturated/α-hetero) is 1. The van der Waals surface area contributed by atoms with E-state index in [0.717, 1.165) is 5.39 Å². The molecule has 0 radical (unpaired) electrons. The summed E-state index contributed by atoms with van der Waals surface area (Å²) in [5.74, 6) is -2.29. The van der Waals surface area contributed by atoms with Crippen LogP contribution in [0, 0.1) is 5.82 Å². The fourth-order valence-corrected chi connectivity index (χ4v) is 2.91. The van der Waals surface area contributed by atoms with Crippen LogP contribution in [-0.4, -0.2) is 40.0 Å². The molecule has 3 aromatic rings. The van der Waals surface area contributed by atoms with Crippen LogP contribution in [0.1, 0.15) is 5.56 Å². The fourth-order valence-electron chi connectivity index (χ4n) is 2.91. The van der Waals surface area contributed by atoms with Gasteiger partial charge < -0.3 is 24.9 Å². The predicted octanol–water partition coefficient (Wildman–Crippen LogP) is 2.50. The molecule has 0 spiro atoms. The van der Waals surface area contributed by atoms with Crippen LogP contribution in [0.5, 0.6) is 0 Å². The molecule has 0 bridgehead atoms. The highest BCUT2D eigenvalue weighted by Gasteiger charge is 2.37. The first-order valence-electron chi connectivity index (χ1n) is 8.98. The van der Waals surface area contributed by atoms with Crippen LogP contribution in [0.15, 0.2) is 66.0 Å². The average Bonchev–Trinajstić information content (AvgIpc) is 3.29. The molecule has 4 rings (SSSR count). The Morgan fingerprint density at radius 2 is 2.10 bits per heavy atom. The number of allylic oxidation sites excluding steroid dienone is 1. The van der Waals surface area contributed by atoms with Crippen molar-refractivity contribution in [2.45, 2.75) is 0 Å². The highest BCUT2D eigenvalue weighted by molar-refractivity contribution is 6.26. The van der Waals surface area contributed by atoms with Crippen molar-refractivity contribution in [1.29, 1.82) is 0 Å². The lowest BCUT2D eigenvalue weighted by atomic mass is 10.1. The van der Waals surface area contributed by atoms with Gasteiger partial charge in [0, 0.05) is 29.0 Å². The van der Waals surface area contributed by atoms with E-state index in [1.165, 1.54) is 30.3 Å². The van der Waals surface area contributed by atoms with Crippen LogP contribution >= 0.6 is 0 Å². The number of pyridine rings is 1. The lowest BCUT2D eigenvalue weighted by molar-refractivity contribution is -0.141. The molecule has 0 fully saturated rings. The number of hydrogen-bond donors (Lipinski definition) is 3. The van der Waals surface area contributed by atoms with E-state index in [1.54, 1.807) is 18.5 Å². The Morgan fingerprint density at radius 3 is 2.87 bits per heavy atom. The van der Waals surface area contributed by atoms with E-state index in [0.29, 0.717) is 16.9 Å². The van der Waals surface area contributed by atoms with Gasteiger partial charge in [0.2, 0.25) is 11.7 Å². The number of carbonyl (C=O) groups is 2. The summed E-state index contributed by atoms with van der Waals surface area (Å²) >= 11 is 0. The Kier molecular flexibility index (Phi) is 5.27. The van der Waals surface area contributed by atoms with Crippen LogP contribution in [0.25, 0.3) is 17.1 Å². The molecule has 2 aromatic heterocycles. The zero-order valence-corrected chi connectivity index (χ0v) is 15.5. The fraction of sp³-hybridized carbons (Fsp3) is 0.0952. The van der Waals surface area contributed by atoms with Gasteiger partial charge in [-0.05, 0) is 42.5 Å². The van der Waals surface area contributed by atoms with Crippen LogP contribution in [-0.2, 0) is 19.1 Å². The maximum atomic E-state index is 13.2. The number of rotatable bonds is 6. The standard InChI is InChI=1S/C21H16FN3O5/c22-13-3-5-14(6-4-13)25-20-17(21(28)29-9-8-26)18(27)16(30-20)10-12-11-24-19-15(12)2-1-7-23-19/h1-7,10-11,25-26H,8-9H2,(H,23,24). The maximum Gasteiger partial charge on any atom is 0.347 e. The second-order valence-corrected chi connectivity index (χ2v) is 6.28. The van der Waals surface area contributed by atoms with Crippen molar-refractivity contribution in [1.82, 2.24) is 9.97 Å². The summed E-state index contributed by atoms with van der Waals surface area (Å²) in [6.07, 6.45) is 4.78. The molecule has 0 saturated carbocycles. The molecule has 0 saturated heterocycles. The van der Waals surface area contributed by atoms with Gasteiger partial charge in [0.05, 0.1) is 6.61 Å². The zero-order valence-electron chi connectivity index (χ0n) is 15.5. The van der Waals surface area contributed by atoms with Gasteiger partial charge in [-0.3, -0.25) is 4.79 Å². The first-order valence-corrected chi connectivity index (χ1v) is 8.98. The zero-order chi connectivity index (χ0) is 21.1. The summed E-state index contributed by atoms with van der Waals surface area (Å²) in [5.41, 5.74) is 1.34. The lowest BCUT2D eigenvalue weighted by Crippen LogP contribution is -2.17. The molecule has 1 aliphatic heterocycles. The number of carbonyl (C=O) groups excluding carboxylic acids is 2. The van der Waals surface area contributed by atoms with Crippen molar-refractivity contribution in [3.8, 4) is 0 Å². The smallest absolute Gasteiger partial charge is 0.347 e. The molecule has 30 heavy (non-hydrogen) atoms. The van der Waals surface area contributed by atoms with Crippen molar-refractivity contribution >= 4 is 34.5 Å². The summed E-state index contributed by atoms with van der Waals surface area (Å²) < 4.78 is 23.7. The quantitative estimate of drug-likeness (QED) is 0.326. The number of anilines is 1. The number of ether oxygens (including phenoxy) is 2. The lowest BCUT2D eigenvalue weighted by Gasteiger charge is -2.08. The van der Waals surface area contributed by atoms with Crippen molar-refractivity contribution in [3.05, 3.63) is 77.4 Å². The third kappa shape index (κ3) is 3.78. The number of aromatic amines is 1. The number of aliphatic hydroxyl groups excluding tert-OH is 1. The summed E-state index contributed by atoms with van der Waals surface area (Å²) in [6.45, 7) is -0.660. The number of H-pyrrole nitrogens is 1. The number of halogens is 1. The molecular weight excluding hydrogens is 393 g/mol. The van der Waals surface area contributed by atoms with Crippen LogP contribution < -0.4 is 5.32 Å². The number of nitrogens with one attached hydrogen (secondary N) is 2. The normalized spacial score (nSPS) is 15.0. The average molecular weight is 409 g/mol. The van der Waals surface area contributed by atoms with Crippen molar-refractivity contribution < 1.29 is 28.6 Å². The van der Waals surface area contributed by atoms with Gasteiger partial charge in [0.25, 0.3) is 0 Å². The van der Waals surface area contributed by atoms with E-state index in [4.69, 9.17) is 14.6 Å². The van der Waals surface area contributed by atoms with Crippen molar-refractivity contribution in [3.63, 3.8) is 0 Å². The summed E-state index contributed by atoms with van der Waals surface area (Å²) in [4.78, 5) is 32.5. The molecule has 0 aliphatic carbocycles. The number of hydrogen-bond acceptors (Lipinski definition) is 7. The second-order valence-electron chi connectivity index (χ2n) is 6.28. The van der Waals surface area contributed by atoms with Crippen molar-refractivity contribution in [2.75, 3.05) is 18.5 Å². The Balaban J connectivity index is 1.68. The van der Waals surface area contributed by atoms with Gasteiger partial charge in [-0.15, -0.1) is 0 Å². The minimum absolute atomic E-state index is 0.0969. The third-order valence-corrected chi connectivity index (χ3v) is 4.29. The minimum atomic E-state index is -0.942. The summed E-state index contributed by atoms with van der Waals surface area (Å²) in [6, 6.07) is 8.89. The number of nitrogens with zero attached hydrogens (tertiary/aromatic N) is 1. The Hall–Kier alpha value is -3.98. The second kappa shape index (κ2) is 8.18. The number of benzene rings is 1. The van der Waals surface area contributed by atoms with Gasteiger partial charge in [-0.2, -0.15) is 0 Å². The molecule has 3 N–H and O–H groups in total. The molecule has 0 unspecified atom stereocenters. The number of esters is 1. The number of fused-ring (bicyclic) bond motifs is 1. The van der Waals surface area contributed by atoms with Gasteiger partial charge in [-0.25, -0.2) is 14.2 Å². The number of aliphatic hydroxyl groups is 1. The van der Waals surface area contributed by atoms with Gasteiger partial charge in [-0.1, -0.05) is 0 Å². The van der Waals surface area contributed by atoms with E-state index >= 15 is 0 Å². The van der Waals surface area contributed by atoms with Crippen molar-refractivity contribution in [2.24, 2.45) is 0 Å². The molecule has 0 atom stereocenters. The predicted molar refractivity (Wildman–Crippen MR) is 105 cm³/mol. The molecule has 9 heteroatoms. The highest BCUT2D eigenvalue weighted by atomic mass is 19.1. The molecular formula is C21H16FN3O5. The Bertz CT molecular complexity index is 1180. The molecule has 1 aliphatic rings. The Morgan fingerprint density at radius 1 is 1.30 bits per heavy atom. The third-order valence-electron chi connectivity index (χ3n) is 4.29. The topological polar surface area (TPSA) is 114 Å². The SMILES string of the molecule is O=C(OCCO)C1=C(Nc2ccc(F)cc2)OC(=Cc2c[nH]c3ncccc23)C1=O. The summed E-state index contributed by atoms with van der Waals surface area (Å²) in [5, 5.41) is 12.5. The van der Waals surface area contributed by atoms with E-state index in [9.17, 15) is 14.0 Å². The van der Waals surface area contributed by atoms with Gasteiger partial charge in [0.1, 0.15) is 18.1 Å². The largest absolute Gasteiger partial charge is 0.459 e. The van der Waals surface area contributed by atoms with Gasteiger partial charge >= 0.3 is 5.97 Å². The number of aromatic nitrogens is 2. The maximum absolute atomic E-state index is 13.2. The van der Waals surface area contributed by atoms with Gasteiger partial charge in [0.15, 0.2) is 11.3 Å².